The number of carbonyl (C=O) groups excluding carboxylic acids is 1. The number of hydroxylamine groups is 1. The molecule has 0 fully saturated rings. The molecule has 0 radical (unpaired) electrons. The minimum atomic E-state index is -0.668. The quantitative estimate of drug-likeness (QED) is 0.464. The molecule has 0 aromatic heterocycles. The molecule has 8 heteroatoms. The van der Waals surface area contributed by atoms with Crippen molar-refractivity contribution in [3.63, 3.8) is 0 Å². The molecule has 2 bridgehead atoms. The highest BCUT2D eigenvalue weighted by atomic mass is 16.7. The summed E-state index contributed by atoms with van der Waals surface area (Å²) in [6, 6.07) is 4.66. The van der Waals surface area contributed by atoms with Gasteiger partial charge in [0.2, 0.25) is 0 Å². The van der Waals surface area contributed by atoms with Gasteiger partial charge in [0.15, 0.2) is 0 Å². The minimum absolute atomic E-state index is 0.152. The predicted octanol–water partition coefficient (Wildman–Crippen LogP) is 0.289. The molecule has 5 N–H and O–H groups in total. The lowest BCUT2D eigenvalue weighted by Crippen LogP contribution is -2.41. The molecule has 24 heavy (non-hydrogen) atoms. The number of hydrogen-bond acceptors (Lipinski definition) is 6. The maximum absolute atomic E-state index is 11.4. The number of aromatic hydroxyl groups is 1. The topological polar surface area (TPSA) is 112 Å². The lowest BCUT2D eigenvalue weighted by atomic mass is 10.1. The van der Waals surface area contributed by atoms with E-state index in [-0.39, 0.29) is 12.4 Å². The molecular formula is C16H25N3O5. The Balaban J connectivity index is 1.93. The highest BCUT2D eigenvalue weighted by Gasteiger charge is 2.08. The molecule has 1 unspecified atom stereocenters. The van der Waals surface area contributed by atoms with Crippen LogP contribution in [-0.2, 0) is 11.3 Å². The van der Waals surface area contributed by atoms with Gasteiger partial charge in [-0.05, 0) is 43.0 Å². The Kier molecular flexibility index (Phi) is 7.60. The van der Waals surface area contributed by atoms with E-state index in [1.807, 2.05) is 0 Å². The molecule has 0 saturated heterocycles. The van der Waals surface area contributed by atoms with Gasteiger partial charge in [0.25, 0.3) is 0 Å². The second-order valence-electron chi connectivity index (χ2n) is 5.62. The number of aliphatic hydroxyl groups is 1. The van der Waals surface area contributed by atoms with Crippen LogP contribution in [0, 0.1) is 0 Å². The van der Waals surface area contributed by atoms with E-state index < -0.39 is 12.1 Å². The average Bonchev–Trinajstić information content (AvgIpc) is 2.57. The fourth-order valence-corrected chi connectivity index (χ4v) is 2.28. The number of aryl methyl sites for hydroxylation is 1. The normalized spacial score (nSPS) is 21.5. The van der Waals surface area contributed by atoms with Gasteiger partial charge in [0.1, 0.15) is 24.2 Å². The highest BCUT2D eigenvalue weighted by molar-refractivity contribution is 5.72. The van der Waals surface area contributed by atoms with E-state index in [1.165, 1.54) is 0 Å². The van der Waals surface area contributed by atoms with E-state index in [4.69, 9.17) is 9.57 Å². The summed E-state index contributed by atoms with van der Waals surface area (Å²) in [7, 11) is 0. The van der Waals surface area contributed by atoms with Crippen LogP contribution in [0.3, 0.4) is 0 Å². The summed E-state index contributed by atoms with van der Waals surface area (Å²) in [6.07, 6.45) is 1.54. The van der Waals surface area contributed by atoms with Gasteiger partial charge in [-0.1, -0.05) is 0 Å². The standard InChI is InChI=1S/C16H25N3O5/c20-13-10-17-6-7-18-16(22)19-24-8-2-1-3-12-9-14(23-11-13)4-5-15(12)21/h4-5,9,13,17,20-21H,1-3,6-8,10-11H2,(H2,18,19,22). The van der Waals surface area contributed by atoms with Crippen molar-refractivity contribution in [1.29, 1.82) is 0 Å². The average molecular weight is 339 g/mol. The van der Waals surface area contributed by atoms with Crippen molar-refractivity contribution in [3.8, 4) is 11.5 Å². The number of ether oxygens (including phenoxy) is 1. The van der Waals surface area contributed by atoms with Crippen LogP contribution < -0.4 is 20.9 Å². The molecule has 0 saturated carbocycles. The molecule has 1 aliphatic rings. The largest absolute Gasteiger partial charge is 0.508 e. The zero-order valence-corrected chi connectivity index (χ0v) is 13.6. The highest BCUT2D eigenvalue weighted by Crippen LogP contribution is 2.24. The fraction of sp³-hybridized carbons (Fsp3) is 0.562. The number of phenols is 1. The van der Waals surface area contributed by atoms with Crippen LogP contribution in [0.4, 0.5) is 4.79 Å². The van der Waals surface area contributed by atoms with E-state index >= 15 is 0 Å². The Bertz CT molecular complexity index is 526. The van der Waals surface area contributed by atoms with Gasteiger partial charge in [0, 0.05) is 19.6 Å². The van der Waals surface area contributed by atoms with E-state index in [1.54, 1.807) is 18.2 Å². The maximum Gasteiger partial charge on any atom is 0.338 e. The Labute approximate surface area is 141 Å². The molecule has 1 aromatic carbocycles. The molecule has 2 rings (SSSR count). The number of urea groups is 1. The van der Waals surface area contributed by atoms with Crippen molar-refractivity contribution in [2.45, 2.75) is 25.4 Å². The molecular weight excluding hydrogens is 314 g/mol. The first-order valence-corrected chi connectivity index (χ1v) is 8.14. The van der Waals surface area contributed by atoms with Crippen LogP contribution in [0.1, 0.15) is 18.4 Å². The molecule has 2 amide bonds. The Morgan fingerprint density at radius 2 is 2.08 bits per heavy atom. The third kappa shape index (κ3) is 6.61. The zero-order valence-electron chi connectivity index (χ0n) is 13.6. The zero-order chi connectivity index (χ0) is 17.2. The summed E-state index contributed by atoms with van der Waals surface area (Å²) in [5, 5.41) is 25.4. The maximum atomic E-state index is 11.4. The first-order chi connectivity index (χ1) is 11.6. The van der Waals surface area contributed by atoms with Gasteiger partial charge in [-0.2, -0.15) is 0 Å². The number of amides is 2. The first-order valence-electron chi connectivity index (χ1n) is 8.14. The predicted molar refractivity (Wildman–Crippen MR) is 87.9 cm³/mol. The third-order valence-electron chi connectivity index (χ3n) is 3.57. The minimum Gasteiger partial charge on any atom is -0.508 e. The van der Waals surface area contributed by atoms with Crippen molar-refractivity contribution in [2.75, 3.05) is 32.8 Å². The second kappa shape index (κ2) is 9.96. The van der Waals surface area contributed by atoms with Crippen molar-refractivity contribution < 1.29 is 24.6 Å². The van der Waals surface area contributed by atoms with Gasteiger partial charge >= 0.3 is 6.03 Å². The summed E-state index contributed by atoms with van der Waals surface area (Å²) >= 11 is 0. The molecule has 0 aliphatic carbocycles. The number of fused-ring (bicyclic) bond motifs is 2. The Morgan fingerprint density at radius 3 is 2.96 bits per heavy atom. The SMILES string of the molecule is O=C1NCCNCC(O)COc2ccc(O)c(c2)CCCCON1. The van der Waals surface area contributed by atoms with E-state index in [0.717, 1.165) is 18.4 Å². The smallest absolute Gasteiger partial charge is 0.338 e. The number of phenolic OH excluding ortho intramolecular Hbond substituents is 1. The molecule has 0 spiro atoms. The van der Waals surface area contributed by atoms with E-state index in [2.05, 4.69) is 16.1 Å². The summed E-state index contributed by atoms with van der Waals surface area (Å²) in [6.45, 7) is 1.84. The van der Waals surface area contributed by atoms with Crippen LogP contribution in [0.2, 0.25) is 0 Å². The number of aliphatic hydroxyl groups excluding tert-OH is 1. The molecule has 8 nitrogen and oxygen atoms in total. The number of benzene rings is 1. The summed E-state index contributed by atoms with van der Waals surface area (Å²) in [4.78, 5) is 16.5. The molecule has 1 aliphatic heterocycles. The van der Waals surface area contributed by atoms with Gasteiger partial charge < -0.3 is 25.6 Å². The van der Waals surface area contributed by atoms with Crippen LogP contribution >= 0.6 is 0 Å². The van der Waals surface area contributed by atoms with Gasteiger partial charge in [-0.15, -0.1) is 0 Å². The Morgan fingerprint density at radius 1 is 1.21 bits per heavy atom. The van der Waals surface area contributed by atoms with Gasteiger partial charge in [-0.3, -0.25) is 4.84 Å². The van der Waals surface area contributed by atoms with Gasteiger partial charge in [0.05, 0.1) is 6.61 Å². The monoisotopic (exact) mass is 339 g/mol. The van der Waals surface area contributed by atoms with Crippen molar-refractivity contribution in [1.82, 2.24) is 16.1 Å². The Hall–Kier alpha value is -2.03. The van der Waals surface area contributed by atoms with Crippen molar-refractivity contribution in [2.24, 2.45) is 0 Å². The number of nitrogens with one attached hydrogen (secondary N) is 3. The van der Waals surface area contributed by atoms with Crippen LogP contribution in [0.25, 0.3) is 0 Å². The van der Waals surface area contributed by atoms with Crippen molar-refractivity contribution >= 4 is 6.03 Å². The molecule has 1 atom stereocenters. The lowest BCUT2D eigenvalue weighted by Gasteiger charge is -2.15. The molecule has 134 valence electrons. The summed E-state index contributed by atoms with van der Waals surface area (Å²) < 4.78 is 5.57. The van der Waals surface area contributed by atoms with Crippen LogP contribution in [0.5, 0.6) is 11.5 Å². The first kappa shape index (κ1) is 18.3. The number of β-amino-alcohol motifs (C(OH)–C–C–N with tert-alkyl or cyclic N) is 1. The van der Waals surface area contributed by atoms with E-state index in [0.29, 0.717) is 38.4 Å². The summed E-state index contributed by atoms with van der Waals surface area (Å²) in [5.41, 5.74) is 3.10. The third-order valence-corrected chi connectivity index (χ3v) is 3.57. The molecule has 1 heterocycles. The van der Waals surface area contributed by atoms with Crippen LogP contribution in [0.15, 0.2) is 18.2 Å². The summed E-state index contributed by atoms with van der Waals surface area (Å²) in [5.74, 6) is 0.838. The van der Waals surface area contributed by atoms with Crippen molar-refractivity contribution in [3.05, 3.63) is 23.8 Å². The number of rotatable bonds is 0. The number of hydrogen-bond donors (Lipinski definition) is 5. The van der Waals surface area contributed by atoms with Gasteiger partial charge in [-0.25, -0.2) is 10.3 Å². The molecule has 1 aromatic rings. The number of carbonyl (C=O) groups is 1. The lowest BCUT2D eigenvalue weighted by molar-refractivity contribution is 0.0588. The fourth-order valence-electron chi connectivity index (χ4n) is 2.28. The second-order valence-corrected chi connectivity index (χ2v) is 5.62. The van der Waals surface area contributed by atoms with E-state index in [9.17, 15) is 15.0 Å². The van der Waals surface area contributed by atoms with Crippen LogP contribution in [-0.4, -0.2) is 55.2 Å².